The van der Waals surface area contributed by atoms with Crippen molar-refractivity contribution in [2.45, 2.75) is 26.3 Å². The summed E-state index contributed by atoms with van der Waals surface area (Å²) in [6.07, 6.45) is 5.51. The zero-order chi connectivity index (χ0) is 18.8. The summed E-state index contributed by atoms with van der Waals surface area (Å²) < 4.78 is 3.98. The van der Waals surface area contributed by atoms with Crippen molar-refractivity contribution in [1.82, 2.24) is 19.1 Å². The van der Waals surface area contributed by atoms with Gasteiger partial charge in [0, 0.05) is 24.5 Å². The molecule has 0 aliphatic carbocycles. The number of aryl methyl sites for hydroxylation is 1. The molecule has 4 aromatic rings. The van der Waals surface area contributed by atoms with Crippen LogP contribution in [0.1, 0.15) is 30.4 Å². The van der Waals surface area contributed by atoms with Gasteiger partial charge in [0.2, 0.25) is 0 Å². The van der Waals surface area contributed by atoms with E-state index < -0.39 is 0 Å². The Hall–Kier alpha value is -3.10. The molecule has 5 nitrogen and oxygen atoms in total. The predicted octanol–water partition coefficient (Wildman–Crippen LogP) is 4.75. The highest BCUT2D eigenvalue weighted by Crippen LogP contribution is 2.21. The van der Waals surface area contributed by atoms with E-state index in [-0.39, 0.29) is 0 Å². The van der Waals surface area contributed by atoms with E-state index in [9.17, 15) is 5.26 Å². The maximum absolute atomic E-state index is 9.25. The molecule has 0 unspecified atom stereocenters. The largest absolute Gasteiger partial charge is 0.308 e. The van der Waals surface area contributed by atoms with Crippen LogP contribution in [0.4, 0.5) is 0 Å². The SMILES string of the molecule is CCCc1nc2cccnc2n1Cc1ccc(-n2cc(Cl)cc2C#N)cc1. The van der Waals surface area contributed by atoms with E-state index in [1.807, 2.05) is 24.3 Å². The molecule has 6 heteroatoms. The summed E-state index contributed by atoms with van der Waals surface area (Å²) >= 11 is 6.03. The van der Waals surface area contributed by atoms with Crippen LogP contribution < -0.4 is 0 Å². The second-order valence-corrected chi connectivity index (χ2v) is 6.84. The van der Waals surface area contributed by atoms with Gasteiger partial charge >= 0.3 is 0 Å². The molecule has 4 rings (SSSR count). The molecular formula is C21H18ClN5. The van der Waals surface area contributed by atoms with Gasteiger partial charge < -0.3 is 9.13 Å². The van der Waals surface area contributed by atoms with Crippen molar-refractivity contribution < 1.29 is 0 Å². The third-order valence-corrected chi connectivity index (χ3v) is 4.72. The fourth-order valence-corrected chi connectivity index (χ4v) is 3.46. The normalized spacial score (nSPS) is 11.0. The van der Waals surface area contributed by atoms with Crippen molar-refractivity contribution in [2.24, 2.45) is 0 Å². The van der Waals surface area contributed by atoms with Crippen molar-refractivity contribution >= 4 is 22.8 Å². The number of fused-ring (bicyclic) bond motifs is 1. The smallest absolute Gasteiger partial charge is 0.160 e. The molecule has 134 valence electrons. The number of rotatable bonds is 5. The monoisotopic (exact) mass is 375 g/mol. The molecule has 0 aliphatic rings. The lowest BCUT2D eigenvalue weighted by Crippen LogP contribution is -2.06. The van der Waals surface area contributed by atoms with E-state index in [1.165, 1.54) is 0 Å². The number of halogens is 1. The van der Waals surface area contributed by atoms with E-state index in [0.717, 1.165) is 41.1 Å². The average Bonchev–Trinajstić information content (AvgIpc) is 3.23. The Kier molecular flexibility index (Phi) is 4.66. The second-order valence-electron chi connectivity index (χ2n) is 6.40. The van der Waals surface area contributed by atoms with Gasteiger partial charge in [-0.2, -0.15) is 5.26 Å². The molecule has 0 N–H and O–H groups in total. The van der Waals surface area contributed by atoms with Crippen LogP contribution in [0.25, 0.3) is 16.9 Å². The fourth-order valence-electron chi connectivity index (χ4n) is 3.26. The summed E-state index contributed by atoms with van der Waals surface area (Å²) in [5, 5.41) is 9.81. The van der Waals surface area contributed by atoms with Crippen molar-refractivity contribution in [3.8, 4) is 11.8 Å². The summed E-state index contributed by atoms with van der Waals surface area (Å²) in [5.41, 5.74) is 4.41. The Morgan fingerprint density at radius 1 is 1.19 bits per heavy atom. The van der Waals surface area contributed by atoms with Gasteiger partial charge in [0.05, 0.1) is 11.6 Å². The molecule has 0 atom stereocenters. The number of hydrogen-bond acceptors (Lipinski definition) is 3. The number of hydrogen-bond donors (Lipinski definition) is 0. The van der Waals surface area contributed by atoms with Gasteiger partial charge in [-0.25, -0.2) is 9.97 Å². The quantitative estimate of drug-likeness (QED) is 0.505. The molecule has 0 saturated heterocycles. The first kappa shape index (κ1) is 17.3. The third-order valence-electron chi connectivity index (χ3n) is 4.51. The minimum atomic E-state index is 0.516. The Balaban J connectivity index is 1.67. The lowest BCUT2D eigenvalue weighted by molar-refractivity contribution is 0.716. The van der Waals surface area contributed by atoms with E-state index in [2.05, 4.69) is 34.7 Å². The minimum Gasteiger partial charge on any atom is -0.308 e. The molecule has 0 bridgehead atoms. The van der Waals surface area contributed by atoms with Gasteiger partial charge in [0.15, 0.2) is 5.65 Å². The van der Waals surface area contributed by atoms with Crippen molar-refractivity contribution in [3.05, 3.63) is 77.0 Å². The van der Waals surface area contributed by atoms with Crippen LogP contribution in [0, 0.1) is 11.3 Å². The lowest BCUT2D eigenvalue weighted by atomic mass is 10.2. The summed E-state index contributed by atoms with van der Waals surface area (Å²) in [6.45, 7) is 2.86. The molecule has 0 aliphatic heterocycles. The summed E-state index contributed by atoms with van der Waals surface area (Å²) in [7, 11) is 0. The van der Waals surface area contributed by atoms with Gasteiger partial charge in [-0.3, -0.25) is 0 Å². The van der Waals surface area contributed by atoms with Crippen LogP contribution in [0.5, 0.6) is 0 Å². The van der Waals surface area contributed by atoms with Crippen LogP contribution in [0.3, 0.4) is 0 Å². The molecule has 0 spiro atoms. The molecular weight excluding hydrogens is 358 g/mol. The standard InChI is InChI=1S/C21H18ClN5/c1-2-4-20-25-19-5-3-10-24-21(19)27(20)13-15-6-8-17(9-7-15)26-14-16(22)11-18(26)12-23/h3,5-11,14H,2,4,13H2,1H3. The van der Waals surface area contributed by atoms with Gasteiger partial charge in [0.25, 0.3) is 0 Å². The number of nitrogens with zero attached hydrogens (tertiary/aromatic N) is 5. The van der Waals surface area contributed by atoms with Gasteiger partial charge in [-0.15, -0.1) is 0 Å². The van der Waals surface area contributed by atoms with Crippen molar-refractivity contribution in [1.29, 1.82) is 5.26 Å². The Labute approximate surface area is 162 Å². The Morgan fingerprint density at radius 2 is 2.00 bits per heavy atom. The van der Waals surface area contributed by atoms with Crippen LogP contribution in [-0.4, -0.2) is 19.1 Å². The van der Waals surface area contributed by atoms with E-state index in [4.69, 9.17) is 16.6 Å². The van der Waals surface area contributed by atoms with Crippen LogP contribution >= 0.6 is 11.6 Å². The van der Waals surface area contributed by atoms with E-state index in [0.29, 0.717) is 17.3 Å². The summed E-state index contributed by atoms with van der Waals surface area (Å²) in [5.74, 6) is 1.05. The summed E-state index contributed by atoms with van der Waals surface area (Å²) in [6, 6.07) is 15.9. The van der Waals surface area contributed by atoms with Crippen LogP contribution in [-0.2, 0) is 13.0 Å². The highest BCUT2D eigenvalue weighted by atomic mass is 35.5. The van der Waals surface area contributed by atoms with Gasteiger partial charge in [0.1, 0.15) is 23.1 Å². The molecule has 0 saturated carbocycles. The molecule has 0 fully saturated rings. The number of nitriles is 1. The predicted molar refractivity (Wildman–Crippen MR) is 106 cm³/mol. The third kappa shape index (κ3) is 3.32. The minimum absolute atomic E-state index is 0.516. The molecule has 3 heterocycles. The molecule has 1 aromatic carbocycles. The molecule has 0 amide bonds. The average molecular weight is 376 g/mol. The Morgan fingerprint density at radius 3 is 2.74 bits per heavy atom. The second kappa shape index (κ2) is 7.26. The number of aromatic nitrogens is 4. The zero-order valence-corrected chi connectivity index (χ0v) is 15.7. The zero-order valence-electron chi connectivity index (χ0n) is 14.9. The maximum atomic E-state index is 9.25. The fraction of sp³-hybridized carbons (Fsp3) is 0.190. The van der Waals surface area contributed by atoms with E-state index in [1.54, 1.807) is 23.0 Å². The maximum Gasteiger partial charge on any atom is 0.160 e. The number of benzene rings is 1. The number of imidazole rings is 1. The molecule has 0 radical (unpaired) electrons. The first-order chi connectivity index (χ1) is 13.2. The highest BCUT2D eigenvalue weighted by molar-refractivity contribution is 6.30. The van der Waals surface area contributed by atoms with E-state index >= 15 is 0 Å². The topological polar surface area (TPSA) is 59.4 Å². The van der Waals surface area contributed by atoms with Crippen molar-refractivity contribution in [2.75, 3.05) is 0 Å². The molecule has 27 heavy (non-hydrogen) atoms. The highest BCUT2D eigenvalue weighted by Gasteiger charge is 2.12. The lowest BCUT2D eigenvalue weighted by Gasteiger charge is -2.10. The van der Waals surface area contributed by atoms with Gasteiger partial charge in [-0.05, 0) is 42.3 Å². The Bertz CT molecular complexity index is 1130. The van der Waals surface area contributed by atoms with Crippen molar-refractivity contribution in [3.63, 3.8) is 0 Å². The first-order valence-corrected chi connectivity index (χ1v) is 9.25. The van der Waals surface area contributed by atoms with Crippen LogP contribution in [0.2, 0.25) is 5.02 Å². The van der Waals surface area contributed by atoms with Crippen LogP contribution in [0.15, 0.2) is 54.9 Å². The molecule has 3 aromatic heterocycles. The number of pyridine rings is 1. The van der Waals surface area contributed by atoms with Gasteiger partial charge in [-0.1, -0.05) is 30.7 Å². The summed E-state index contributed by atoms with van der Waals surface area (Å²) in [4.78, 5) is 9.25. The first-order valence-electron chi connectivity index (χ1n) is 8.87.